The van der Waals surface area contributed by atoms with Crippen molar-refractivity contribution in [1.29, 1.82) is 0 Å². The summed E-state index contributed by atoms with van der Waals surface area (Å²) in [5.74, 6) is 0.878. The molecule has 1 aromatic carbocycles. The summed E-state index contributed by atoms with van der Waals surface area (Å²) in [6.07, 6.45) is 1.00. The minimum absolute atomic E-state index is 0.0526. The van der Waals surface area contributed by atoms with Crippen LogP contribution in [-0.2, 0) is 11.2 Å². The van der Waals surface area contributed by atoms with Crippen LogP contribution in [0.3, 0.4) is 0 Å². The highest BCUT2D eigenvalue weighted by atomic mass is 16.4. The lowest BCUT2D eigenvalue weighted by molar-refractivity contribution is -0.117. The molecule has 30 heavy (non-hydrogen) atoms. The summed E-state index contributed by atoms with van der Waals surface area (Å²) in [6.45, 7) is 6.66. The first-order chi connectivity index (χ1) is 14.3. The van der Waals surface area contributed by atoms with E-state index in [0.29, 0.717) is 54.7 Å². The van der Waals surface area contributed by atoms with Crippen LogP contribution in [0.4, 0.5) is 5.69 Å². The quantitative estimate of drug-likeness (QED) is 0.813. The fraction of sp³-hybridized carbons (Fsp3) is 0.435. The van der Waals surface area contributed by atoms with Gasteiger partial charge >= 0.3 is 5.63 Å². The maximum atomic E-state index is 13.1. The third kappa shape index (κ3) is 3.97. The number of fused-ring (bicyclic) bond motifs is 1. The number of amides is 2. The SMILES string of the molecule is Cc1cc(=O)oc(C)c1C(=O)N1CC2CN(c3cccc(CCC(N)=O)c3)CC2C1. The number of likely N-dealkylation sites (tertiary alicyclic amines) is 1. The van der Waals surface area contributed by atoms with Crippen LogP contribution in [0, 0.1) is 25.7 Å². The molecular formula is C23H27N3O4. The van der Waals surface area contributed by atoms with Crippen molar-refractivity contribution in [3.05, 3.63) is 63.2 Å². The van der Waals surface area contributed by atoms with Gasteiger partial charge in [0.25, 0.3) is 5.91 Å². The van der Waals surface area contributed by atoms with Crippen molar-refractivity contribution in [1.82, 2.24) is 4.90 Å². The summed E-state index contributed by atoms with van der Waals surface area (Å²) in [6, 6.07) is 9.64. The molecule has 2 fully saturated rings. The van der Waals surface area contributed by atoms with Crippen molar-refractivity contribution in [3.63, 3.8) is 0 Å². The van der Waals surface area contributed by atoms with Crippen LogP contribution < -0.4 is 16.3 Å². The summed E-state index contributed by atoms with van der Waals surface area (Å²) in [7, 11) is 0. The van der Waals surface area contributed by atoms with E-state index >= 15 is 0 Å². The number of nitrogens with two attached hydrogens (primary N) is 1. The smallest absolute Gasteiger partial charge is 0.336 e. The van der Waals surface area contributed by atoms with E-state index in [1.165, 1.54) is 6.07 Å². The molecule has 2 atom stereocenters. The summed E-state index contributed by atoms with van der Waals surface area (Å²) in [5.41, 5.74) is 8.28. The second-order valence-corrected chi connectivity index (χ2v) is 8.45. The van der Waals surface area contributed by atoms with E-state index in [4.69, 9.17) is 10.2 Å². The van der Waals surface area contributed by atoms with Crippen LogP contribution in [-0.4, -0.2) is 42.9 Å². The standard InChI is InChI=1S/C23H27N3O4/c1-14-8-21(28)30-15(2)22(14)23(29)26-12-17-10-25(11-18(17)13-26)19-5-3-4-16(9-19)6-7-20(24)27/h3-5,8-9,17-18H,6-7,10-13H2,1-2H3,(H2,24,27). The largest absolute Gasteiger partial charge is 0.427 e. The van der Waals surface area contributed by atoms with Gasteiger partial charge < -0.3 is 20.0 Å². The Morgan fingerprint density at radius 3 is 2.43 bits per heavy atom. The molecule has 2 amide bonds. The minimum atomic E-state index is -0.423. The Morgan fingerprint density at radius 2 is 1.80 bits per heavy atom. The Hall–Kier alpha value is -3.09. The van der Waals surface area contributed by atoms with Crippen molar-refractivity contribution in [2.24, 2.45) is 17.6 Å². The molecule has 0 radical (unpaired) electrons. The van der Waals surface area contributed by atoms with E-state index in [2.05, 4.69) is 17.0 Å². The van der Waals surface area contributed by atoms with Crippen LogP contribution in [0.25, 0.3) is 0 Å². The molecule has 2 N–H and O–H groups in total. The lowest BCUT2D eigenvalue weighted by Gasteiger charge is -2.24. The lowest BCUT2D eigenvalue weighted by Crippen LogP contribution is -2.34. The zero-order valence-electron chi connectivity index (χ0n) is 17.4. The highest BCUT2D eigenvalue weighted by Gasteiger charge is 2.42. The maximum absolute atomic E-state index is 13.1. The molecule has 4 rings (SSSR count). The summed E-state index contributed by atoms with van der Waals surface area (Å²) in [4.78, 5) is 39.9. The number of primary amides is 1. The van der Waals surface area contributed by atoms with E-state index < -0.39 is 5.63 Å². The summed E-state index contributed by atoms with van der Waals surface area (Å²) < 4.78 is 5.14. The van der Waals surface area contributed by atoms with E-state index in [1.807, 2.05) is 17.0 Å². The normalized spacial score (nSPS) is 20.5. The van der Waals surface area contributed by atoms with Crippen molar-refractivity contribution in [3.8, 4) is 0 Å². The number of benzene rings is 1. The molecule has 2 saturated heterocycles. The molecule has 0 saturated carbocycles. The van der Waals surface area contributed by atoms with Gasteiger partial charge in [0.05, 0.1) is 5.56 Å². The highest BCUT2D eigenvalue weighted by molar-refractivity contribution is 5.96. The first-order valence-electron chi connectivity index (χ1n) is 10.3. The zero-order chi connectivity index (χ0) is 21.4. The molecule has 2 unspecified atom stereocenters. The average molecular weight is 409 g/mol. The highest BCUT2D eigenvalue weighted by Crippen LogP contribution is 2.35. The molecular weight excluding hydrogens is 382 g/mol. The number of nitrogens with zero attached hydrogens (tertiary/aromatic N) is 2. The predicted octanol–water partition coefficient (Wildman–Crippen LogP) is 1.88. The van der Waals surface area contributed by atoms with Crippen LogP contribution in [0.1, 0.15) is 33.7 Å². The zero-order valence-corrected chi connectivity index (χ0v) is 17.4. The van der Waals surface area contributed by atoms with Crippen LogP contribution in [0.5, 0.6) is 0 Å². The van der Waals surface area contributed by atoms with Crippen molar-refractivity contribution < 1.29 is 14.0 Å². The Morgan fingerprint density at radius 1 is 1.10 bits per heavy atom. The minimum Gasteiger partial charge on any atom is -0.427 e. The second-order valence-electron chi connectivity index (χ2n) is 8.45. The second kappa shape index (κ2) is 7.97. The molecule has 158 valence electrons. The van der Waals surface area contributed by atoms with Crippen molar-refractivity contribution >= 4 is 17.5 Å². The summed E-state index contributed by atoms with van der Waals surface area (Å²) in [5, 5.41) is 0. The number of aryl methyl sites for hydroxylation is 3. The third-order valence-corrected chi connectivity index (χ3v) is 6.26. The van der Waals surface area contributed by atoms with E-state index in [-0.39, 0.29) is 11.8 Å². The topological polar surface area (TPSA) is 96.8 Å². The number of carbonyl (C=O) groups is 2. The average Bonchev–Trinajstić information content (AvgIpc) is 3.25. The molecule has 0 aliphatic carbocycles. The first-order valence-corrected chi connectivity index (χ1v) is 10.3. The van der Waals surface area contributed by atoms with Gasteiger partial charge in [-0.2, -0.15) is 0 Å². The predicted molar refractivity (Wildman–Crippen MR) is 114 cm³/mol. The monoisotopic (exact) mass is 409 g/mol. The van der Waals surface area contributed by atoms with Gasteiger partial charge in [0.15, 0.2) is 0 Å². The molecule has 1 aromatic heterocycles. The van der Waals surface area contributed by atoms with Gasteiger partial charge in [-0.05, 0) is 43.5 Å². The number of hydrogen-bond acceptors (Lipinski definition) is 5. The number of rotatable bonds is 5. The number of anilines is 1. The van der Waals surface area contributed by atoms with E-state index in [9.17, 15) is 14.4 Å². The molecule has 7 heteroatoms. The Labute approximate surface area is 175 Å². The van der Waals surface area contributed by atoms with E-state index in [1.54, 1.807) is 13.8 Å². The maximum Gasteiger partial charge on any atom is 0.336 e. The van der Waals surface area contributed by atoms with Gasteiger partial charge in [0, 0.05) is 56.2 Å². The molecule has 3 heterocycles. The lowest BCUT2D eigenvalue weighted by atomic mass is 10.0. The molecule has 2 aliphatic rings. The molecule has 2 aromatic rings. The number of hydrogen-bond donors (Lipinski definition) is 1. The van der Waals surface area contributed by atoms with E-state index in [0.717, 1.165) is 24.3 Å². The van der Waals surface area contributed by atoms with Gasteiger partial charge in [-0.3, -0.25) is 9.59 Å². The van der Waals surface area contributed by atoms with Crippen molar-refractivity contribution in [2.75, 3.05) is 31.1 Å². The van der Waals surface area contributed by atoms with Crippen LogP contribution >= 0.6 is 0 Å². The molecule has 0 bridgehead atoms. The van der Waals surface area contributed by atoms with Crippen molar-refractivity contribution in [2.45, 2.75) is 26.7 Å². The van der Waals surface area contributed by atoms with Crippen LogP contribution in [0.15, 0.2) is 39.5 Å². The molecule has 0 spiro atoms. The van der Waals surface area contributed by atoms with Gasteiger partial charge in [-0.25, -0.2) is 4.79 Å². The molecule has 7 nitrogen and oxygen atoms in total. The Bertz CT molecular complexity index is 1000. The third-order valence-electron chi connectivity index (χ3n) is 6.26. The van der Waals surface area contributed by atoms with Gasteiger partial charge in [-0.15, -0.1) is 0 Å². The molecule has 2 aliphatic heterocycles. The summed E-state index contributed by atoms with van der Waals surface area (Å²) >= 11 is 0. The first kappa shape index (κ1) is 20.2. The Balaban J connectivity index is 1.42. The Kier molecular flexibility index (Phi) is 5.37. The number of carbonyl (C=O) groups excluding carboxylic acids is 2. The fourth-order valence-electron chi connectivity index (χ4n) is 4.78. The van der Waals surface area contributed by atoms with Crippen LogP contribution in [0.2, 0.25) is 0 Å². The van der Waals surface area contributed by atoms with Gasteiger partial charge in [0.2, 0.25) is 5.91 Å². The van der Waals surface area contributed by atoms with Gasteiger partial charge in [-0.1, -0.05) is 12.1 Å². The fourth-order valence-corrected chi connectivity index (χ4v) is 4.78. The van der Waals surface area contributed by atoms with Gasteiger partial charge in [0.1, 0.15) is 5.76 Å².